The largest absolute Gasteiger partial charge is 0.510 e. The number of carbonyl (C=O) groups excluding carboxylic acids is 3. The molecule has 1 N–H and O–H groups in total. The van der Waals surface area contributed by atoms with Gasteiger partial charge in [-0.25, -0.2) is 4.79 Å². The minimum absolute atomic E-state index is 0.232. The molecule has 0 rings (SSSR count). The fourth-order valence-corrected chi connectivity index (χ4v) is 4.50. The third-order valence-corrected chi connectivity index (χ3v) is 5.84. The monoisotopic (exact) mass is 483 g/mol. The summed E-state index contributed by atoms with van der Waals surface area (Å²) in [6, 6.07) is 0. The smallest absolute Gasteiger partial charge is 0.481 e. The van der Waals surface area contributed by atoms with Gasteiger partial charge in [-0.05, 0) is 41.0 Å². The lowest BCUT2D eigenvalue weighted by Gasteiger charge is -2.26. The number of carboxylic acids is 1. The average Bonchev–Trinajstić information content (AvgIpc) is 2.60. The summed E-state index contributed by atoms with van der Waals surface area (Å²) in [6.07, 6.45) is -4.64. The van der Waals surface area contributed by atoms with Gasteiger partial charge in [0, 0.05) is 20.5 Å². The molecule has 0 bridgehead atoms. The van der Waals surface area contributed by atoms with Crippen molar-refractivity contribution in [1.29, 1.82) is 0 Å². The van der Waals surface area contributed by atoms with Crippen molar-refractivity contribution in [2.24, 2.45) is 5.92 Å². The Kier molecular flexibility index (Phi) is 13.1. The van der Waals surface area contributed by atoms with Crippen molar-refractivity contribution in [2.45, 2.75) is 66.0 Å². The van der Waals surface area contributed by atoms with E-state index in [1.807, 2.05) is 0 Å². The first-order valence-corrected chi connectivity index (χ1v) is 11.8. The Morgan fingerprint density at radius 1 is 0.938 bits per heavy atom. The van der Waals surface area contributed by atoms with Crippen LogP contribution in [-0.2, 0) is 42.2 Å². The van der Waals surface area contributed by atoms with Gasteiger partial charge >= 0.3 is 25.7 Å². The zero-order chi connectivity index (χ0) is 25.1. The van der Waals surface area contributed by atoms with Crippen molar-refractivity contribution in [3.05, 3.63) is 0 Å². The van der Waals surface area contributed by atoms with E-state index in [1.54, 1.807) is 27.7 Å². The highest BCUT2D eigenvalue weighted by Crippen LogP contribution is 2.52. The molecule has 0 aromatic heterocycles. The SMILES string of the molecule is CC(C)OC(=O)OC(C)OP(=O)(CC(CCC(=O)O)C(=O)OCC(=O)N(C)C)OC(C)C. The Hall–Kier alpha value is -2.17. The molecule has 12 nitrogen and oxygen atoms in total. The molecule has 0 fully saturated rings. The van der Waals surface area contributed by atoms with Crippen LogP contribution in [0.2, 0.25) is 0 Å². The fraction of sp³-hybridized carbons (Fsp3) is 0.789. The number of rotatable bonds is 14. The van der Waals surface area contributed by atoms with Crippen molar-refractivity contribution in [3.63, 3.8) is 0 Å². The lowest BCUT2D eigenvalue weighted by Crippen LogP contribution is -2.31. The minimum atomic E-state index is -4.08. The molecule has 0 saturated carbocycles. The maximum absolute atomic E-state index is 13.3. The quantitative estimate of drug-likeness (QED) is 0.220. The van der Waals surface area contributed by atoms with Crippen molar-refractivity contribution in [2.75, 3.05) is 26.9 Å². The zero-order valence-corrected chi connectivity index (χ0v) is 20.5. The van der Waals surface area contributed by atoms with Gasteiger partial charge in [0.25, 0.3) is 5.91 Å². The van der Waals surface area contributed by atoms with Gasteiger partial charge in [-0.15, -0.1) is 0 Å². The summed E-state index contributed by atoms with van der Waals surface area (Å²) >= 11 is 0. The Labute approximate surface area is 188 Å². The maximum atomic E-state index is 13.3. The lowest BCUT2D eigenvalue weighted by molar-refractivity contribution is -0.154. The number of aliphatic carboxylic acids is 1. The van der Waals surface area contributed by atoms with Gasteiger partial charge < -0.3 is 28.7 Å². The van der Waals surface area contributed by atoms with Crippen molar-refractivity contribution in [1.82, 2.24) is 4.90 Å². The van der Waals surface area contributed by atoms with Crippen LogP contribution >= 0.6 is 7.60 Å². The van der Waals surface area contributed by atoms with E-state index in [9.17, 15) is 23.7 Å². The number of hydrogen-bond acceptors (Lipinski definition) is 10. The second-order valence-electron chi connectivity index (χ2n) is 7.68. The molecule has 0 spiro atoms. The molecule has 3 atom stereocenters. The van der Waals surface area contributed by atoms with Crippen LogP contribution in [0.15, 0.2) is 0 Å². The molecule has 13 heteroatoms. The van der Waals surface area contributed by atoms with Crippen LogP contribution in [0.25, 0.3) is 0 Å². The molecule has 0 radical (unpaired) electrons. The Morgan fingerprint density at radius 2 is 1.53 bits per heavy atom. The van der Waals surface area contributed by atoms with E-state index < -0.39 is 75.2 Å². The summed E-state index contributed by atoms with van der Waals surface area (Å²) in [6.45, 7) is 7.10. The third kappa shape index (κ3) is 13.3. The van der Waals surface area contributed by atoms with Gasteiger partial charge in [-0.1, -0.05) is 0 Å². The molecule has 3 unspecified atom stereocenters. The standard InChI is InChI=1S/C19H34NO11P/c1-12(2)28-19(25)29-14(5)31-32(26,30-13(3)4)11-15(8-9-17(22)23)18(24)27-10-16(21)20(6)7/h12-15H,8-11H2,1-7H3,(H,22,23). The molecule has 0 aliphatic rings. The van der Waals surface area contributed by atoms with Gasteiger partial charge in [0.1, 0.15) is 0 Å². The molecular weight excluding hydrogens is 449 g/mol. The summed E-state index contributed by atoms with van der Waals surface area (Å²) in [5.74, 6) is -3.80. The molecule has 186 valence electrons. The van der Waals surface area contributed by atoms with Crippen LogP contribution in [0.4, 0.5) is 4.79 Å². The number of hydrogen-bond donors (Lipinski definition) is 1. The Balaban J connectivity index is 5.45. The first-order valence-electron chi connectivity index (χ1n) is 10.1. The maximum Gasteiger partial charge on any atom is 0.510 e. The van der Waals surface area contributed by atoms with Crippen molar-refractivity contribution >= 4 is 31.6 Å². The Morgan fingerprint density at radius 3 is 2.00 bits per heavy atom. The normalized spacial score (nSPS) is 14.9. The van der Waals surface area contributed by atoms with Gasteiger partial charge in [0.15, 0.2) is 6.61 Å². The summed E-state index contributed by atoms with van der Waals surface area (Å²) in [4.78, 5) is 48.1. The van der Waals surface area contributed by atoms with Gasteiger partial charge in [0.05, 0.1) is 24.3 Å². The number of carboxylic acid groups (broad SMARTS) is 1. The summed E-state index contributed by atoms with van der Waals surface area (Å²) in [5.41, 5.74) is 0. The fourth-order valence-electron chi connectivity index (χ4n) is 2.27. The van der Waals surface area contributed by atoms with E-state index in [4.69, 9.17) is 28.4 Å². The highest BCUT2D eigenvalue weighted by Gasteiger charge is 2.37. The predicted octanol–water partition coefficient (Wildman–Crippen LogP) is 2.64. The van der Waals surface area contributed by atoms with Crippen LogP contribution in [-0.4, -0.2) is 79.4 Å². The minimum Gasteiger partial charge on any atom is -0.481 e. The van der Waals surface area contributed by atoms with Gasteiger partial charge in [-0.2, -0.15) is 0 Å². The Bertz CT molecular complexity index is 693. The predicted molar refractivity (Wildman–Crippen MR) is 112 cm³/mol. The van der Waals surface area contributed by atoms with Gasteiger partial charge in [0.2, 0.25) is 6.29 Å². The summed E-state index contributed by atoms with van der Waals surface area (Å²) in [7, 11) is -1.13. The van der Waals surface area contributed by atoms with Crippen LogP contribution in [0.1, 0.15) is 47.5 Å². The van der Waals surface area contributed by atoms with Crippen LogP contribution < -0.4 is 0 Å². The summed E-state index contributed by atoms with van der Waals surface area (Å²) < 4.78 is 38.7. The molecule has 0 heterocycles. The topological polar surface area (TPSA) is 155 Å². The number of esters is 1. The number of ether oxygens (including phenoxy) is 3. The van der Waals surface area contributed by atoms with E-state index in [0.717, 1.165) is 0 Å². The number of nitrogens with zero attached hydrogens (tertiary/aromatic N) is 1. The van der Waals surface area contributed by atoms with Gasteiger partial charge in [-0.3, -0.25) is 23.5 Å². The molecule has 0 aliphatic heterocycles. The highest BCUT2D eigenvalue weighted by atomic mass is 31.2. The molecule has 32 heavy (non-hydrogen) atoms. The van der Waals surface area contributed by atoms with E-state index in [-0.39, 0.29) is 6.42 Å². The van der Waals surface area contributed by atoms with Crippen LogP contribution in [0.3, 0.4) is 0 Å². The first-order chi connectivity index (χ1) is 14.6. The third-order valence-electron chi connectivity index (χ3n) is 3.60. The lowest BCUT2D eigenvalue weighted by atomic mass is 10.1. The van der Waals surface area contributed by atoms with Crippen molar-refractivity contribution < 1.29 is 52.1 Å². The van der Waals surface area contributed by atoms with E-state index in [1.165, 1.54) is 25.9 Å². The van der Waals surface area contributed by atoms with Crippen LogP contribution in [0.5, 0.6) is 0 Å². The molecular formula is C19H34NO11P. The zero-order valence-electron chi connectivity index (χ0n) is 19.6. The molecule has 0 aromatic carbocycles. The second-order valence-corrected chi connectivity index (χ2v) is 9.69. The number of carbonyl (C=O) groups is 4. The van der Waals surface area contributed by atoms with E-state index in [0.29, 0.717) is 0 Å². The molecule has 1 amide bonds. The van der Waals surface area contributed by atoms with Crippen molar-refractivity contribution in [3.8, 4) is 0 Å². The highest BCUT2D eigenvalue weighted by molar-refractivity contribution is 7.53. The first kappa shape index (κ1) is 29.8. The average molecular weight is 483 g/mol. The molecule has 0 aliphatic carbocycles. The molecule has 0 aromatic rings. The van der Waals surface area contributed by atoms with Crippen LogP contribution in [0, 0.1) is 5.92 Å². The summed E-state index contributed by atoms with van der Waals surface area (Å²) in [5, 5.41) is 8.98. The second kappa shape index (κ2) is 14.1. The molecule has 0 saturated heterocycles. The van der Waals surface area contributed by atoms with E-state index in [2.05, 4.69) is 0 Å². The van der Waals surface area contributed by atoms with E-state index >= 15 is 0 Å². The number of amides is 1. The number of likely N-dealkylation sites (N-methyl/N-ethyl adjacent to an activating group) is 1.